The van der Waals surface area contributed by atoms with Gasteiger partial charge < -0.3 is 20.3 Å². The third-order valence-corrected chi connectivity index (χ3v) is 3.05. The van der Waals surface area contributed by atoms with Crippen LogP contribution in [0.5, 0.6) is 11.5 Å². The summed E-state index contributed by atoms with van der Waals surface area (Å²) in [5, 5.41) is 21.8. The van der Waals surface area contributed by atoms with Crippen LogP contribution in [0.1, 0.15) is 12.5 Å². The number of para-hydroxylation sites is 1. The van der Waals surface area contributed by atoms with Crippen LogP contribution in [0.15, 0.2) is 54.6 Å². The van der Waals surface area contributed by atoms with E-state index in [9.17, 15) is 5.11 Å². The van der Waals surface area contributed by atoms with Gasteiger partial charge >= 0.3 is 0 Å². The number of hydrogen-bond acceptors (Lipinski definition) is 4. The first-order valence-corrected chi connectivity index (χ1v) is 6.95. The van der Waals surface area contributed by atoms with E-state index < -0.39 is 5.60 Å². The van der Waals surface area contributed by atoms with Crippen molar-refractivity contribution in [2.24, 2.45) is 0 Å². The molecule has 112 valence electrons. The molecule has 0 aliphatic carbocycles. The van der Waals surface area contributed by atoms with E-state index in [2.05, 4.69) is 5.32 Å². The topological polar surface area (TPSA) is 61.7 Å². The van der Waals surface area contributed by atoms with E-state index in [1.165, 1.54) is 0 Å². The standard InChI is InChI=1S/C17H21NO3/c1-17(20,13-19)12-18-11-14-6-5-9-16(10-14)21-15-7-3-2-4-8-15/h2-10,18-20H,11-13H2,1H3. The highest BCUT2D eigenvalue weighted by atomic mass is 16.5. The molecule has 0 aliphatic rings. The van der Waals surface area contributed by atoms with Crippen molar-refractivity contribution in [1.82, 2.24) is 5.32 Å². The highest BCUT2D eigenvalue weighted by molar-refractivity contribution is 5.33. The summed E-state index contributed by atoms with van der Waals surface area (Å²) in [6.45, 7) is 2.25. The molecule has 0 aliphatic heterocycles. The number of ether oxygens (including phenoxy) is 1. The van der Waals surface area contributed by atoms with E-state index >= 15 is 0 Å². The molecule has 3 N–H and O–H groups in total. The molecule has 4 heteroatoms. The summed E-state index contributed by atoms with van der Waals surface area (Å²) in [7, 11) is 0. The fourth-order valence-electron chi connectivity index (χ4n) is 1.88. The molecule has 0 saturated carbocycles. The number of aliphatic hydroxyl groups is 2. The molecule has 0 aromatic heterocycles. The Kier molecular flexibility index (Phi) is 5.33. The second kappa shape index (κ2) is 7.22. The Labute approximate surface area is 125 Å². The minimum Gasteiger partial charge on any atom is -0.457 e. The van der Waals surface area contributed by atoms with E-state index in [1.54, 1.807) is 6.92 Å². The molecule has 0 radical (unpaired) electrons. The van der Waals surface area contributed by atoms with Crippen LogP contribution in [0.3, 0.4) is 0 Å². The summed E-state index contributed by atoms with van der Waals surface area (Å²) in [6, 6.07) is 17.4. The summed E-state index contributed by atoms with van der Waals surface area (Å²) < 4.78 is 5.77. The molecule has 2 aromatic carbocycles. The molecule has 0 fully saturated rings. The molecule has 0 bridgehead atoms. The van der Waals surface area contributed by atoms with Gasteiger partial charge in [-0.2, -0.15) is 0 Å². The van der Waals surface area contributed by atoms with Gasteiger partial charge in [-0.15, -0.1) is 0 Å². The molecule has 2 rings (SSSR count). The lowest BCUT2D eigenvalue weighted by Gasteiger charge is -2.20. The fourth-order valence-corrected chi connectivity index (χ4v) is 1.88. The molecule has 0 amide bonds. The van der Waals surface area contributed by atoms with Gasteiger partial charge in [-0.3, -0.25) is 0 Å². The Morgan fingerprint density at radius 2 is 1.76 bits per heavy atom. The van der Waals surface area contributed by atoms with Crippen LogP contribution in [0.25, 0.3) is 0 Å². The van der Waals surface area contributed by atoms with Gasteiger partial charge in [0.15, 0.2) is 0 Å². The molecule has 1 unspecified atom stereocenters. The number of rotatable bonds is 7. The van der Waals surface area contributed by atoms with E-state index in [0.29, 0.717) is 13.1 Å². The zero-order valence-corrected chi connectivity index (χ0v) is 12.1. The Bertz CT molecular complexity index is 555. The number of aliphatic hydroxyl groups excluding tert-OH is 1. The first kappa shape index (κ1) is 15.5. The average molecular weight is 287 g/mol. The molecule has 21 heavy (non-hydrogen) atoms. The Balaban J connectivity index is 1.92. The van der Waals surface area contributed by atoms with Crippen molar-refractivity contribution in [3.05, 3.63) is 60.2 Å². The van der Waals surface area contributed by atoms with Crippen LogP contribution < -0.4 is 10.1 Å². The average Bonchev–Trinajstić information content (AvgIpc) is 2.48. The monoisotopic (exact) mass is 287 g/mol. The van der Waals surface area contributed by atoms with Crippen molar-refractivity contribution in [2.75, 3.05) is 13.2 Å². The zero-order valence-electron chi connectivity index (χ0n) is 12.1. The molecule has 2 aromatic rings. The van der Waals surface area contributed by atoms with Gasteiger partial charge in [0.2, 0.25) is 0 Å². The maximum atomic E-state index is 9.71. The molecule has 1 atom stereocenters. The largest absolute Gasteiger partial charge is 0.457 e. The maximum absolute atomic E-state index is 9.71. The van der Waals surface area contributed by atoms with Gasteiger partial charge in [0.1, 0.15) is 11.5 Å². The van der Waals surface area contributed by atoms with Crippen molar-refractivity contribution in [3.8, 4) is 11.5 Å². The second-order valence-corrected chi connectivity index (χ2v) is 5.32. The van der Waals surface area contributed by atoms with Crippen molar-refractivity contribution < 1.29 is 14.9 Å². The third kappa shape index (κ3) is 5.19. The van der Waals surface area contributed by atoms with Gasteiger partial charge in [-0.1, -0.05) is 30.3 Å². The van der Waals surface area contributed by atoms with Crippen LogP contribution in [0, 0.1) is 0 Å². The predicted octanol–water partition coefficient (Wildman–Crippen LogP) is 2.31. The van der Waals surface area contributed by atoms with Gasteiger partial charge in [0.25, 0.3) is 0 Å². The lowest BCUT2D eigenvalue weighted by molar-refractivity contribution is 0.00254. The zero-order chi connectivity index (χ0) is 15.1. The minimum absolute atomic E-state index is 0.267. The molecule has 0 saturated heterocycles. The van der Waals surface area contributed by atoms with Gasteiger partial charge in [-0.25, -0.2) is 0 Å². The Morgan fingerprint density at radius 1 is 1.05 bits per heavy atom. The molecule has 4 nitrogen and oxygen atoms in total. The summed E-state index contributed by atoms with van der Waals surface area (Å²) >= 11 is 0. The SMILES string of the molecule is CC(O)(CO)CNCc1cccc(Oc2ccccc2)c1. The lowest BCUT2D eigenvalue weighted by Crippen LogP contribution is -2.40. The number of benzene rings is 2. The first-order valence-electron chi connectivity index (χ1n) is 6.95. The van der Waals surface area contributed by atoms with Crippen LogP contribution >= 0.6 is 0 Å². The van der Waals surface area contributed by atoms with Crippen molar-refractivity contribution >= 4 is 0 Å². The van der Waals surface area contributed by atoms with Crippen LogP contribution in [-0.4, -0.2) is 29.0 Å². The van der Waals surface area contributed by atoms with Crippen molar-refractivity contribution in [3.63, 3.8) is 0 Å². The van der Waals surface area contributed by atoms with Gasteiger partial charge in [0, 0.05) is 13.1 Å². The minimum atomic E-state index is -1.10. The van der Waals surface area contributed by atoms with E-state index in [0.717, 1.165) is 17.1 Å². The highest BCUT2D eigenvalue weighted by Gasteiger charge is 2.17. The van der Waals surface area contributed by atoms with E-state index in [1.807, 2.05) is 54.6 Å². The first-order chi connectivity index (χ1) is 10.1. The van der Waals surface area contributed by atoms with Gasteiger partial charge in [-0.05, 0) is 36.8 Å². The van der Waals surface area contributed by atoms with Crippen LogP contribution in [0.2, 0.25) is 0 Å². The molecule has 0 heterocycles. The number of nitrogens with one attached hydrogen (secondary N) is 1. The lowest BCUT2D eigenvalue weighted by atomic mass is 10.1. The summed E-state index contributed by atoms with van der Waals surface area (Å²) in [5.41, 5.74) is -0.0461. The second-order valence-electron chi connectivity index (χ2n) is 5.32. The summed E-state index contributed by atoms with van der Waals surface area (Å²) in [4.78, 5) is 0. The van der Waals surface area contributed by atoms with Crippen molar-refractivity contribution in [2.45, 2.75) is 19.1 Å². The summed E-state index contributed by atoms with van der Waals surface area (Å²) in [6.07, 6.45) is 0. The highest BCUT2D eigenvalue weighted by Crippen LogP contribution is 2.21. The Morgan fingerprint density at radius 3 is 2.48 bits per heavy atom. The van der Waals surface area contributed by atoms with Crippen molar-refractivity contribution in [1.29, 1.82) is 0 Å². The van der Waals surface area contributed by atoms with E-state index in [4.69, 9.17) is 9.84 Å². The maximum Gasteiger partial charge on any atom is 0.127 e. The van der Waals surface area contributed by atoms with Gasteiger partial charge in [0.05, 0.1) is 12.2 Å². The van der Waals surface area contributed by atoms with Crippen LogP contribution in [-0.2, 0) is 6.54 Å². The predicted molar refractivity (Wildman–Crippen MR) is 82.4 cm³/mol. The summed E-state index contributed by atoms with van der Waals surface area (Å²) in [5.74, 6) is 1.57. The smallest absolute Gasteiger partial charge is 0.127 e. The number of hydrogen-bond donors (Lipinski definition) is 3. The van der Waals surface area contributed by atoms with E-state index in [-0.39, 0.29) is 6.61 Å². The van der Waals surface area contributed by atoms with Crippen LogP contribution in [0.4, 0.5) is 0 Å². The Hall–Kier alpha value is -1.88. The normalized spacial score (nSPS) is 13.7. The third-order valence-electron chi connectivity index (χ3n) is 3.05. The molecular formula is C17H21NO3. The quantitative estimate of drug-likeness (QED) is 0.731. The molecule has 0 spiro atoms. The molecular weight excluding hydrogens is 266 g/mol. The fraction of sp³-hybridized carbons (Fsp3) is 0.294.